The van der Waals surface area contributed by atoms with Gasteiger partial charge in [-0.3, -0.25) is 0 Å². The monoisotopic (exact) mass is 444 g/mol. The summed E-state index contributed by atoms with van der Waals surface area (Å²) in [6, 6.07) is 12.2. The second kappa shape index (κ2) is 10.8. The third-order valence-electron chi connectivity index (χ3n) is 4.22. The van der Waals surface area contributed by atoms with E-state index in [0.717, 1.165) is 17.7 Å². The summed E-state index contributed by atoms with van der Waals surface area (Å²) < 4.78 is 34.2. The predicted octanol–water partition coefficient (Wildman–Crippen LogP) is 3.92. The minimum absolute atomic E-state index is 0.0402. The molecular weight excluding hydrogens is 422 g/mol. The molecule has 32 heavy (non-hydrogen) atoms. The van der Waals surface area contributed by atoms with Gasteiger partial charge in [0.05, 0.1) is 13.3 Å². The summed E-state index contributed by atoms with van der Waals surface area (Å²) in [6.07, 6.45) is 2.23. The largest absolute Gasteiger partial charge is 0.493 e. The van der Waals surface area contributed by atoms with Crippen LogP contribution in [0.15, 0.2) is 47.6 Å². The van der Waals surface area contributed by atoms with Gasteiger partial charge in [0.1, 0.15) is 0 Å². The van der Waals surface area contributed by atoms with E-state index < -0.39 is 6.61 Å². The van der Waals surface area contributed by atoms with Crippen molar-refractivity contribution in [1.82, 2.24) is 15.0 Å². The molecule has 0 amide bonds. The lowest BCUT2D eigenvalue weighted by Crippen LogP contribution is -2.08. The van der Waals surface area contributed by atoms with E-state index in [9.17, 15) is 8.78 Å². The second-order valence-corrected chi connectivity index (χ2v) is 6.37. The van der Waals surface area contributed by atoms with Crippen molar-refractivity contribution in [2.24, 2.45) is 5.16 Å². The van der Waals surface area contributed by atoms with E-state index in [1.807, 2.05) is 24.3 Å². The highest BCUT2D eigenvalue weighted by molar-refractivity contribution is 5.80. The van der Waals surface area contributed by atoms with Gasteiger partial charge in [-0.05, 0) is 36.2 Å². The summed E-state index contributed by atoms with van der Waals surface area (Å²) in [5.74, 6) is 0.677. The number of anilines is 3. The molecule has 0 spiro atoms. The Labute approximate surface area is 183 Å². The van der Waals surface area contributed by atoms with Crippen molar-refractivity contribution in [3.63, 3.8) is 0 Å². The van der Waals surface area contributed by atoms with Gasteiger partial charge in [0.25, 0.3) is 0 Å². The first-order valence-corrected chi connectivity index (χ1v) is 9.62. The standard InChI is InChI=1S/C21H22F2N6O3/c1-3-14-6-4-5-7-15(14)26-21-28-18(27-20(24)29-21)12-31-25-11-13-8-9-16(32-19(22)23)17(10-13)30-2/h4-11,19H,3,12H2,1-2H3,(H3,24,26,27,28,29)/b25-11+. The van der Waals surface area contributed by atoms with Crippen molar-refractivity contribution in [1.29, 1.82) is 0 Å². The molecule has 3 N–H and O–H groups in total. The maximum Gasteiger partial charge on any atom is 0.387 e. The summed E-state index contributed by atoms with van der Waals surface area (Å²) in [5, 5.41) is 6.98. The van der Waals surface area contributed by atoms with E-state index in [4.69, 9.17) is 15.3 Å². The fourth-order valence-electron chi connectivity index (χ4n) is 2.78. The Balaban J connectivity index is 1.64. The molecule has 0 radical (unpaired) electrons. The Hall–Kier alpha value is -4.02. The zero-order valence-electron chi connectivity index (χ0n) is 17.5. The molecule has 168 valence electrons. The van der Waals surface area contributed by atoms with Gasteiger partial charge in [-0.25, -0.2) is 0 Å². The molecule has 0 saturated carbocycles. The number of alkyl halides is 2. The van der Waals surface area contributed by atoms with Gasteiger partial charge in [0, 0.05) is 11.3 Å². The molecule has 0 unspecified atom stereocenters. The zero-order chi connectivity index (χ0) is 22.9. The molecule has 0 fully saturated rings. The van der Waals surface area contributed by atoms with Gasteiger partial charge < -0.3 is 25.4 Å². The van der Waals surface area contributed by atoms with Crippen molar-refractivity contribution in [2.45, 2.75) is 26.6 Å². The molecule has 0 bridgehead atoms. The van der Waals surface area contributed by atoms with Gasteiger partial charge in [-0.1, -0.05) is 30.3 Å². The fourth-order valence-corrected chi connectivity index (χ4v) is 2.78. The van der Waals surface area contributed by atoms with Crippen LogP contribution in [0.25, 0.3) is 0 Å². The Morgan fingerprint density at radius 2 is 1.94 bits per heavy atom. The number of nitrogens with two attached hydrogens (primary N) is 1. The van der Waals surface area contributed by atoms with Crippen LogP contribution in [0.5, 0.6) is 11.5 Å². The number of hydrogen-bond donors (Lipinski definition) is 2. The van der Waals surface area contributed by atoms with Crippen LogP contribution in [0, 0.1) is 0 Å². The number of halogens is 2. The minimum Gasteiger partial charge on any atom is -0.493 e. The average Bonchev–Trinajstić information content (AvgIpc) is 2.77. The number of methoxy groups -OCH3 is 1. The molecular formula is C21H22F2N6O3. The first kappa shape index (κ1) is 22.7. The van der Waals surface area contributed by atoms with Crippen LogP contribution in [0.2, 0.25) is 0 Å². The smallest absolute Gasteiger partial charge is 0.387 e. The Morgan fingerprint density at radius 1 is 1.12 bits per heavy atom. The number of aryl methyl sites for hydroxylation is 1. The Kier molecular flexibility index (Phi) is 7.68. The highest BCUT2D eigenvalue weighted by atomic mass is 19.3. The van der Waals surface area contributed by atoms with E-state index in [-0.39, 0.29) is 29.9 Å². The molecule has 3 rings (SSSR count). The molecule has 0 atom stereocenters. The summed E-state index contributed by atoms with van der Waals surface area (Å²) in [6.45, 7) is -0.958. The van der Waals surface area contributed by atoms with E-state index in [1.54, 1.807) is 0 Å². The first-order valence-electron chi connectivity index (χ1n) is 9.62. The maximum atomic E-state index is 12.4. The molecule has 2 aromatic carbocycles. The van der Waals surface area contributed by atoms with E-state index in [1.165, 1.54) is 31.5 Å². The Morgan fingerprint density at radius 3 is 2.69 bits per heavy atom. The topological polar surface area (TPSA) is 117 Å². The molecule has 1 aromatic heterocycles. The summed E-state index contributed by atoms with van der Waals surface area (Å²) in [5.41, 5.74) is 8.32. The van der Waals surface area contributed by atoms with Crippen molar-refractivity contribution >= 4 is 23.8 Å². The highest BCUT2D eigenvalue weighted by Crippen LogP contribution is 2.29. The van der Waals surface area contributed by atoms with Crippen molar-refractivity contribution < 1.29 is 23.1 Å². The molecule has 0 aliphatic carbocycles. The predicted molar refractivity (Wildman–Crippen MR) is 115 cm³/mol. The van der Waals surface area contributed by atoms with Crippen molar-refractivity contribution in [2.75, 3.05) is 18.2 Å². The number of nitrogens with one attached hydrogen (secondary N) is 1. The van der Waals surface area contributed by atoms with Gasteiger partial charge in [-0.2, -0.15) is 23.7 Å². The number of ether oxygens (including phenoxy) is 2. The Bertz CT molecular complexity index is 1080. The number of hydrogen-bond acceptors (Lipinski definition) is 9. The van der Waals surface area contributed by atoms with Crippen LogP contribution in [-0.2, 0) is 17.9 Å². The normalized spacial score (nSPS) is 11.0. The summed E-state index contributed by atoms with van der Waals surface area (Å²) >= 11 is 0. The molecule has 3 aromatic rings. The zero-order valence-corrected chi connectivity index (χ0v) is 17.5. The van der Waals surface area contributed by atoms with E-state index >= 15 is 0 Å². The van der Waals surface area contributed by atoms with Gasteiger partial charge in [0.2, 0.25) is 11.9 Å². The second-order valence-electron chi connectivity index (χ2n) is 6.37. The maximum absolute atomic E-state index is 12.4. The van der Waals surface area contributed by atoms with Crippen LogP contribution in [0.1, 0.15) is 23.9 Å². The quantitative estimate of drug-likeness (QED) is 0.357. The van der Waals surface area contributed by atoms with Crippen LogP contribution in [0.3, 0.4) is 0 Å². The van der Waals surface area contributed by atoms with Crippen molar-refractivity contribution in [3.8, 4) is 11.5 Å². The number of nitrogens with zero attached hydrogens (tertiary/aromatic N) is 4. The van der Waals surface area contributed by atoms with Gasteiger partial charge >= 0.3 is 6.61 Å². The van der Waals surface area contributed by atoms with Crippen LogP contribution < -0.4 is 20.5 Å². The highest BCUT2D eigenvalue weighted by Gasteiger charge is 2.11. The number of oxime groups is 1. The molecule has 1 heterocycles. The third kappa shape index (κ3) is 6.24. The number of para-hydroxylation sites is 1. The number of rotatable bonds is 10. The first-order chi connectivity index (χ1) is 15.5. The number of nitrogen functional groups attached to an aromatic ring is 1. The minimum atomic E-state index is -2.95. The molecule has 9 nitrogen and oxygen atoms in total. The lowest BCUT2D eigenvalue weighted by atomic mass is 10.1. The molecule has 0 saturated heterocycles. The molecule has 11 heteroatoms. The van der Waals surface area contributed by atoms with Crippen molar-refractivity contribution in [3.05, 3.63) is 59.4 Å². The molecule has 0 aliphatic rings. The van der Waals surface area contributed by atoms with E-state index in [2.05, 4.69) is 37.1 Å². The third-order valence-corrected chi connectivity index (χ3v) is 4.22. The fraction of sp³-hybridized carbons (Fsp3) is 0.238. The van der Waals surface area contributed by atoms with Gasteiger partial charge in [0.15, 0.2) is 23.9 Å². The molecule has 0 aliphatic heterocycles. The lowest BCUT2D eigenvalue weighted by Gasteiger charge is -2.10. The summed E-state index contributed by atoms with van der Waals surface area (Å²) in [4.78, 5) is 17.7. The number of benzene rings is 2. The lowest BCUT2D eigenvalue weighted by molar-refractivity contribution is -0.0512. The van der Waals surface area contributed by atoms with Crippen LogP contribution in [-0.4, -0.2) is 34.9 Å². The number of aromatic nitrogens is 3. The summed E-state index contributed by atoms with van der Waals surface area (Å²) in [7, 11) is 1.35. The van der Waals surface area contributed by atoms with Crippen LogP contribution >= 0.6 is 0 Å². The van der Waals surface area contributed by atoms with Gasteiger partial charge in [-0.15, -0.1) is 0 Å². The van der Waals surface area contributed by atoms with E-state index in [0.29, 0.717) is 11.5 Å². The SMILES string of the molecule is CCc1ccccc1Nc1nc(N)nc(CO/N=C/c2ccc(OC(F)F)c(OC)c2)n1. The average molecular weight is 444 g/mol. The van der Waals surface area contributed by atoms with Crippen LogP contribution in [0.4, 0.5) is 26.4 Å².